The summed E-state index contributed by atoms with van der Waals surface area (Å²) < 4.78 is 28.6. The van der Waals surface area contributed by atoms with Gasteiger partial charge in [0.1, 0.15) is 0 Å². The van der Waals surface area contributed by atoms with E-state index in [4.69, 9.17) is 0 Å². The number of aryl methyl sites for hydroxylation is 7. The second kappa shape index (κ2) is 17.6. The van der Waals surface area contributed by atoms with Crippen molar-refractivity contribution in [3.05, 3.63) is 165 Å². The van der Waals surface area contributed by atoms with Crippen LogP contribution in [0.25, 0.3) is 0 Å². The molecule has 0 fully saturated rings. The first-order valence-corrected chi connectivity index (χ1v) is 22.5. The molecule has 0 saturated heterocycles. The van der Waals surface area contributed by atoms with Crippen LogP contribution in [0.4, 0.5) is 0 Å². The highest BCUT2D eigenvalue weighted by atomic mass is 31.2. The van der Waals surface area contributed by atoms with Gasteiger partial charge in [0, 0.05) is 33.5 Å². The highest BCUT2D eigenvalue weighted by Gasteiger charge is 2.44. The maximum atomic E-state index is 14.4. The first-order valence-electron chi connectivity index (χ1n) is 18.9. The van der Waals surface area contributed by atoms with E-state index < -0.39 is 25.3 Å². The van der Waals surface area contributed by atoms with E-state index in [1.54, 1.807) is 24.3 Å². The molecule has 5 rings (SSSR count). The summed E-state index contributed by atoms with van der Waals surface area (Å²) in [7, 11) is -7.32. The van der Waals surface area contributed by atoms with Crippen LogP contribution in [-0.4, -0.2) is 22.7 Å². The zero-order chi connectivity index (χ0) is 40.9. The van der Waals surface area contributed by atoms with Gasteiger partial charge in [0.05, 0.1) is 0 Å². The molecule has 7 heteroatoms. The third kappa shape index (κ3) is 9.69. The molecule has 0 amide bonds. The largest absolute Gasteiger partial charge is 0.307 e. The Bertz CT molecular complexity index is 2120. The van der Waals surface area contributed by atoms with Crippen molar-refractivity contribution in [3.63, 3.8) is 0 Å². The highest BCUT2D eigenvalue weighted by molar-refractivity contribution is 7.95. The van der Waals surface area contributed by atoms with Crippen LogP contribution in [0.2, 0.25) is 0 Å². The number of hydrogen-bond donors (Lipinski definition) is 0. The fourth-order valence-corrected chi connectivity index (χ4v) is 13.4. The van der Waals surface area contributed by atoms with Gasteiger partial charge < -0.3 is 9.13 Å². The molecular formula is C48H56O5P2. The number of rotatable bonds is 11. The van der Waals surface area contributed by atoms with Crippen molar-refractivity contribution < 1.29 is 23.5 Å². The van der Waals surface area contributed by atoms with E-state index in [0.29, 0.717) is 27.3 Å². The average molecular weight is 775 g/mol. The maximum Gasteiger partial charge on any atom is 0.230 e. The second-order valence-electron chi connectivity index (χ2n) is 16.3. The molecule has 5 nitrogen and oxygen atoms in total. The molecule has 1 unspecified atom stereocenters. The van der Waals surface area contributed by atoms with Gasteiger partial charge in [-0.3, -0.25) is 14.4 Å². The van der Waals surface area contributed by atoms with Gasteiger partial charge >= 0.3 is 0 Å². The molecule has 0 aliphatic rings. The van der Waals surface area contributed by atoms with Crippen molar-refractivity contribution in [2.45, 2.75) is 82.6 Å². The minimum absolute atomic E-state index is 0.0163. The summed E-state index contributed by atoms with van der Waals surface area (Å²) in [5.74, 6) is -0.0163. The van der Waals surface area contributed by atoms with Crippen LogP contribution < -0.4 is 10.6 Å². The summed E-state index contributed by atoms with van der Waals surface area (Å²) in [5.41, 5.74) is 6.07. The lowest BCUT2D eigenvalue weighted by atomic mass is 9.86. The molecule has 0 spiro atoms. The number of hydrogen-bond acceptors (Lipinski definition) is 5. The van der Waals surface area contributed by atoms with Crippen LogP contribution in [0.5, 0.6) is 0 Å². The molecule has 0 aromatic heterocycles. The quantitative estimate of drug-likeness (QED) is 0.125. The van der Waals surface area contributed by atoms with Gasteiger partial charge in [0.25, 0.3) is 0 Å². The predicted molar refractivity (Wildman–Crippen MR) is 231 cm³/mol. The monoisotopic (exact) mass is 774 g/mol. The number of benzene rings is 5. The lowest BCUT2D eigenvalue weighted by molar-refractivity contribution is 0.103. The summed E-state index contributed by atoms with van der Waals surface area (Å²) in [6, 6.07) is 33.2. The van der Waals surface area contributed by atoms with E-state index in [0.717, 1.165) is 45.4 Å². The summed E-state index contributed by atoms with van der Waals surface area (Å²) >= 11 is 0. The summed E-state index contributed by atoms with van der Waals surface area (Å²) in [5, 5.41) is 1.15. The molecule has 0 aliphatic carbocycles. The van der Waals surface area contributed by atoms with Gasteiger partial charge in [-0.2, -0.15) is 0 Å². The Morgan fingerprint density at radius 2 is 0.855 bits per heavy atom. The molecule has 0 N–H and O–H groups in total. The molecule has 5 aromatic rings. The fourth-order valence-electron chi connectivity index (χ4n) is 7.81. The van der Waals surface area contributed by atoms with E-state index in [-0.39, 0.29) is 23.0 Å². The second-order valence-corrected chi connectivity index (χ2v) is 21.6. The van der Waals surface area contributed by atoms with E-state index in [1.807, 2.05) is 140 Å². The van der Waals surface area contributed by atoms with Crippen molar-refractivity contribution in [1.82, 2.24) is 0 Å². The minimum atomic E-state index is -3.87. The third-order valence-corrected chi connectivity index (χ3v) is 15.7. The molecule has 0 heterocycles. The minimum Gasteiger partial charge on any atom is -0.307 e. The van der Waals surface area contributed by atoms with Crippen molar-refractivity contribution in [1.29, 1.82) is 0 Å². The molecule has 55 heavy (non-hydrogen) atoms. The Labute approximate surface area is 328 Å². The van der Waals surface area contributed by atoms with Gasteiger partial charge in [-0.15, -0.1) is 0 Å². The molecular weight excluding hydrogens is 718 g/mol. The first-order chi connectivity index (χ1) is 25.7. The zero-order valence-corrected chi connectivity index (χ0v) is 36.1. The Morgan fingerprint density at radius 3 is 1.20 bits per heavy atom. The Hall–Kier alpha value is -4.43. The average Bonchev–Trinajstić information content (AvgIpc) is 3.10. The SMILES string of the molecule is Cc1cc(C)c(C(=O)P(=O)(c2ccccc2)c2ccccc2)c(C)c1.Cc1cccc(C)c1C(=O)P(=O)(CC(C)CC(C)(C)C)C(=O)c1c(C)cccc1C. The molecule has 0 aliphatic heterocycles. The fraction of sp³-hybridized carbons (Fsp3) is 0.312. The standard InChI is InChI=1S/C26H35O3P.C22H21O2P/c1-17(15-26(6,7)8)16-30(29,24(27)22-18(2)11-9-12-19(22)3)25(28)23-20(4)13-10-14-21(23)5;1-16-14-17(2)21(18(3)15-16)22(23)25(24,19-10-6-4-7-11-19)20-12-8-5-9-13-20/h9-14,17H,15-16H2,1-8H3;4-15H,1-3H3. The Morgan fingerprint density at radius 1 is 0.509 bits per heavy atom. The van der Waals surface area contributed by atoms with E-state index in [2.05, 4.69) is 20.8 Å². The van der Waals surface area contributed by atoms with Gasteiger partial charge in [-0.25, -0.2) is 0 Å². The van der Waals surface area contributed by atoms with Crippen LogP contribution in [0.15, 0.2) is 109 Å². The number of carbonyl (C=O) groups excluding carboxylic acids is 3. The maximum absolute atomic E-state index is 14.4. The first kappa shape index (κ1) is 43.3. The Balaban J connectivity index is 0.000000248. The van der Waals surface area contributed by atoms with Crippen LogP contribution in [0, 0.1) is 59.8 Å². The lowest BCUT2D eigenvalue weighted by Crippen LogP contribution is -2.23. The van der Waals surface area contributed by atoms with Crippen molar-refractivity contribution in [2.75, 3.05) is 6.16 Å². The summed E-state index contributed by atoms with van der Waals surface area (Å²) in [6.07, 6.45) is 0.889. The molecule has 0 radical (unpaired) electrons. The van der Waals surface area contributed by atoms with E-state index >= 15 is 0 Å². The number of carbonyl (C=O) groups is 3. The highest BCUT2D eigenvalue weighted by Crippen LogP contribution is 2.55. The van der Waals surface area contributed by atoms with Crippen LogP contribution in [0.3, 0.4) is 0 Å². The van der Waals surface area contributed by atoms with E-state index in [1.165, 1.54) is 0 Å². The summed E-state index contributed by atoms with van der Waals surface area (Å²) in [6.45, 7) is 21.5. The molecule has 5 aromatic carbocycles. The normalized spacial score (nSPS) is 12.3. The van der Waals surface area contributed by atoms with E-state index in [9.17, 15) is 23.5 Å². The predicted octanol–water partition coefficient (Wildman–Crippen LogP) is 12.1. The smallest absolute Gasteiger partial charge is 0.230 e. The van der Waals surface area contributed by atoms with Crippen LogP contribution in [0.1, 0.15) is 104 Å². The summed E-state index contributed by atoms with van der Waals surface area (Å²) in [4.78, 5) is 41.1. The van der Waals surface area contributed by atoms with Crippen LogP contribution in [-0.2, 0) is 9.13 Å². The topological polar surface area (TPSA) is 85.3 Å². The lowest BCUT2D eigenvalue weighted by Gasteiger charge is -2.27. The zero-order valence-electron chi connectivity index (χ0n) is 34.3. The molecule has 1 atom stereocenters. The van der Waals surface area contributed by atoms with Crippen molar-refractivity contribution in [3.8, 4) is 0 Å². The van der Waals surface area contributed by atoms with Gasteiger partial charge in [0.2, 0.25) is 30.9 Å². The van der Waals surface area contributed by atoms with Gasteiger partial charge in [-0.1, -0.05) is 142 Å². The Kier molecular flexibility index (Phi) is 13.8. The van der Waals surface area contributed by atoms with Crippen LogP contribution >= 0.6 is 14.3 Å². The van der Waals surface area contributed by atoms with Gasteiger partial charge in [0.15, 0.2) is 0 Å². The van der Waals surface area contributed by atoms with Crippen molar-refractivity contribution in [2.24, 2.45) is 11.3 Å². The molecule has 288 valence electrons. The molecule has 0 bridgehead atoms. The van der Waals surface area contributed by atoms with Crippen molar-refractivity contribution >= 4 is 41.5 Å². The molecule has 0 saturated carbocycles. The van der Waals surface area contributed by atoms with Gasteiger partial charge in [-0.05, 0) is 99.6 Å². The third-order valence-electron chi connectivity index (χ3n) is 9.99.